The van der Waals surface area contributed by atoms with Crippen molar-refractivity contribution in [2.75, 3.05) is 0 Å². The van der Waals surface area contributed by atoms with E-state index in [-0.39, 0.29) is 23.3 Å². The zero-order chi connectivity index (χ0) is 18.4. The maximum atomic E-state index is 12.0. The molecule has 0 aliphatic heterocycles. The number of benzene rings is 1. The van der Waals surface area contributed by atoms with E-state index in [1.807, 2.05) is 13.8 Å². The number of hydrogen-bond donors (Lipinski definition) is 2. The Morgan fingerprint density at radius 3 is 2.56 bits per heavy atom. The highest BCUT2D eigenvalue weighted by Crippen LogP contribution is 2.15. The molecular weight excluding hydrogens is 344 g/mol. The van der Waals surface area contributed by atoms with E-state index in [1.165, 1.54) is 12.1 Å². The number of primary sulfonamides is 1. The first-order chi connectivity index (χ1) is 11.8. The molecule has 0 bridgehead atoms. The van der Waals surface area contributed by atoms with E-state index in [2.05, 4.69) is 15.5 Å². The summed E-state index contributed by atoms with van der Waals surface area (Å²) in [5, 5.41) is 11.8. The quantitative estimate of drug-likeness (QED) is 0.728. The lowest BCUT2D eigenvalue weighted by molar-refractivity contribution is -0.121. The number of aryl methyl sites for hydroxylation is 2. The summed E-state index contributed by atoms with van der Waals surface area (Å²) in [6, 6.07) is 5.82. The SMILES string of the molecule is CCCc1noc(CCC(=O)NC(C)c2ccc(S(N)(=O)=O)cc2)n1. The first-order valence-electron chi connectivity index (χ1n) is 8.03. The second kappa shape index (κ2) is 8.21. The van der Waals surface area contributed by atoms with Crippen molar-refractivity contribution in [2.24, 2.45) is 5.14 Å². The van der Waals surface area contributed by atoms with Crippen molar-refractivity contribution >= 4 is 15.9 Å². The van der Waals surface area contributed by atoms with Gasteiger partial charge in [-0.1, -0.05) is 24.2 Å². The first kappa shape index (κ1) is 19.1. The van der Waals surface area contributed by atoms with Crippen LogP contribution in [0.4, 0.5) is 0 Å². The molecule has 2 aromatic rings. The van der Waals surface area contributed by atoms with Crippen molar-refractivity contribution in [3.8, 4) is 0 Å². The predicted octanol–water partition coefficient (Wildman–Crippen LogP) is 1.48. The molecule has 25 heavy (non-hydrogen) atoms. The van der Waals surface area contributed by atoms with E-state index in [0.29, 0.717) is 18.1 Å². The second-order valence-corrected chi connectivity index (χ2v) is 7.32. The first-order valence-corrected chi connectivity index (χ1v) is 9.57. The lowest BCUT2D eigenvalue weighted by Gasteiger charge is -2.14. The number of aromatic nitrogens is 2. The third-order valence-electron chi connectivity index (χ3n) is 3.64. The number of nitrogens with zero attached hydrogens (tertiary/aromatic N) is 2. The maximum absolute atomic E-state index is 12.0. The number of hydrogen-bond acceptors (Lipinski definition) is 6. The molecule has 9 heteroatoms. The summed E-state index contributed by atoms with van der Waals surface area (Å²) in [7, 11) is -3.72. The van der Waals surface area contributed by atoms with Crippen LogP contribution >= 0.6 is 0 Å². The van der Waals surface area contributed by atoms with Crippen LogP contribution in [0.25, 0.3) is 0 Å². The smallest absolute Gasteiger partial charge is 0.238 e. The van der Waals surface area contributed by atoms with Gasteiger partial charge in [-0.25, -0.2) is 13.6 Å². The molecule has 3 N–H and O–H groups in total. The summed E-state index contributed by atoms with van der Waals surface area (Å²) in [4.78, 5) is 16.3. The fourth-order valence-electron chi connectivity index (χ4n) is 2.28. The van der Waals surface area contributed by atoms with Crippen LogP contribution in [0.5, 0.6) is 0 Å². The number of nitrogens with two attached hydrogens (primary N) is 1. The Kier molecular flexibility index (Phi) is 6.27. The van der Waals surface area contributed by atoms with Gasteiger partial charge in [0.2, 0.25) is 21.8 Å². The Labute approximate surface area is 146 Å². The Morgan fingerprint density at radius 1 is 1.28 bits per heavy atom. The number of nitrogens with one attached hydrogen (secondary N) is 1. The minimum Gasteiger partial charge on any atom is -0.350 e. The summed E-state index contributed by atoms with van der Waals surface area (Å²) < 4.78 is 27.6. The van der Waals surface area contributed by atoms with Gasteiger partial charge in [-0.3, -0.25) is 4.79 Å². The van der Waals surface area contributed by atoms with Crippen molar-refractivity contribution in [2.45, 2.75) is 50.5 Å². The summed E-state index contributed by atoms with van der Waals surface area (Å²) >= 11 is 0. The van der Waals surface area contributed by atoms with Gasteiger partial charge in [0, 0.05) is 19.3 Å². The van der Waals surface area contributed by atoms with E-state index in [1.54, 1.807) is 12.1 Å². The van der Waals surface area contributed by atoms with Crippen LogP contribution in [0.1, 0.15) is 50.0 Å². The van der Waals surface area contributed by atoms with Gasteiger partial charge in [0.25, 0.3) is 0 Å². The predicted molar refractivity (Wildman–Crippen MR) is 91.0 cm³/mol. The van der Waals surface area contributed by atoms with Crippen LogP contribution in [-0.2, 0) is 27.7 Å². The molecule has 0 saturated heterocycles. The van der Waals surface area contributed by atoms with E-state index in [4.69, 9.17) is 9.66 Å². The molecule has 1 amide bonds. The second-order valence-electron chi connectivity index (χ2n) is 5.76. The molecular formula is C16H22N4O4S. The minimum absolute atomic E-state index is 0.0362. The van der Waals surface area contributed by atoms with E-state index < -0.39 is 10.0 Å². The fraction of sp³-hybridized carbons (Fsp3) is 0.438. The lowest BCUT2D eigenvalue weighted by Crippen LogP contribution is -2.26. The van der Waals surface area contributed by atoms with Crippen LogP contribution < -0.4 is 10.5 Å². The lowest BCUT2D eigenvalue weighted by atomic mass is 10.1. The van der Waals surface area contributed by atoms with Gasteiger partial charge in [0.15, 0.2) is 5.82 Å². The van der Waals surface area contributed by atoms with E-state index in [9.17, 15) is 13.2 Å². The number of amides is 1. The zero-order valence-electron chi connectivity index (χ0n) is 14.2. The zero-order valence-corrected chi connectivity index (χ0v) is 15.0. The van der Waals surface area contributed by atoms with Crippen LogP contribution in [0.15, 0.2) is 33.7 Å². The van der Waals surface area contributed by atoms with E-state index >= 15 is 0 Å². The molecule has 1 atom stereocenters. The van der Waals surface area contributed by atoms with Gasteiger partial charge in [0.1, 0.15) is 0 Å². The van der Waals surface area contributed by atoms with Crippen LogP contribution in [0, 0.1) is 0 Å². The third kappa shape index (κ3) is 5.64. The van der Waals surface area contributed by atoms with Crippen molar-refractivity contribution in [1.29, 1.82) is 0 Å². The van der Waals surface area contributed by atoms with Crippen LogP contribution in [0.2, 0.25) is 0 Å². The number of rotatable bonds is 8. The van der Waals surface area contributed by atoms with Crippen molar-refractivity contribution < 1.29 is 17.7 Å². The molecule has 1 aromatic heterocycles. The minimum atomic E-state index is -3.72. The largest absolute Gasteiger partial charge is 0.350 e. The molecule has 1 heterocycles. The molecule has 0 fully saturated rings. The standard InChI is InChI=1S/C16H22N4O4S/c1-3-4-14-19-16(24-20-14)10-9-15(21)18-11(2)12-5-7-13(8-6-12)25(17,22)23/h5-8,11H,3-4,9-10H2,1-2H3,(H,18,21)(H2,17,22,23). The van der Waals surface area contributed by atoms with E-state index in [0.717, 1.165) is 18.4 Å². The Morgan fingerprint density at radius 2 is 1.96 bits per heavy atom. The third-order valence-corrected chi connectivity index (χ3v) is 4.57. The number of carbonyl (C=O) groups excluding carboxylic acids is 1. The molecule has 1 unspecified atom stereocenters. The van der Waals surface area contributed by atoms with Gasteiger partial charge in [-0.05, 0) is 31.0 Å². The normalized spacial score (nSPS) is 12.8. The molecule has 0 radical (unpaired) electrons. The van der Waals surface area contributed by atoms with Crippen molar-refractivity contribution in [3.05, 3.63) is 41.5 Å². The molecule has 2 rings (SSSR count). The molecule has 0 saturated carbocycles. The van der Waals surface area contributed by atoms with Gasteiger partial charge < -0.3 is 9.84 Å². The molecule has 8 nitrogen and oxygen atoms in total. The fourth-order valence-corrected chi connectivity index (χ4v) is 2.80. The highest BCUT2D eigenvalue weighted by Gasteiger charge is 2.13. The van der Waals surface area contributed by atoms with Crippen molar-refractivity contribution in [3.63, 3.8) is 0 Å². The summed E-state index contributed by atoms with van der Waals surface area (Å²) in [5.74, 6) is 0.947. The van der Waals surface area contributed by atoms with Gasteiger partial charge in [-0.2, -0.15) is 4.98 Å². The topological polar surface area (TPSA) is 128 Å². The van der Waals surface area contributed by atoms with Gasteiger partial charge in [0.05, 0.1) is 10.9 Å². The molecule has 0 spiro atoms. The Balaban J connectivity index is 1.86. The molecule has 1 aromatic carbocycles. The molecule has 136 valence electrons. The Hall–Kier alpha value is -2.26. The number of sulfonamides is 1. The van der Waals surface area contributed by atoms with Gasteiger partial charge >= 0.3 is 0 Å². The molecule has 0 aliphatic carbocycles. The highest BCUT2D eigenvalue weighted by atomic mass is 32.2. The Bertz CT molecular complexity index is 815. The summed E-state index contributed by atoms with van der Waals surface area (Å²) in [6.07, 6.45) is 2.29. The summed E-state index contributed by atoms with van der Waals surface area (Å²) in [5.41, 5.74) is 0.781. The average Bonchev–Trinajstić information content (AvgIpc) is 3.00. The van der Waals surface area contributed by atoms with Gasteiger partial charge in [-0.15, -0.1) is 0 Å². The monoisotopic (exact) mass is 366 g/mol. The summed E-state index contributed by atoms with van der Waals surface area (Å²) in [6.45, 7) is 3.84. The molecule has 0 aliphatic rings. The van der Waals surface area contributed by atoms with Crippen LogP contribution in [-0.4, -0.2) is 24.5 Å². The van der Waals surface area contributed by atoms with Crippen LogP contribution in [0.3, 0.4) is 0 Å². The number of carbonyl (C=O) groups is 1. The van der Waals surface area contributed by atoms with Crippen molar-refractivity contribution in [1.82, 2.24) is 15.5 Å². The average molecular weight is 366 g/mol. The highest BCUT2D eigenvalue weighted by molar-refractivity contribution is 7.89. The maximum Gasteiger partial charge on any atom is 0.238 e.